The van der Waals surface area contributed by atoms with Gasteiger partial charge in [-0.3, -0.25) is 9.59 Å². The Kier molecular flexibility index (Phi) is 5.71. The fraction of sp³-hybridized carbons (Fsp3) is 0.364. The molecule has 136 valence electrons. The number of hydrogen-bond acceptors (Lipinski definition) is 2. The summed E-state index contributed by atoms with van der Waals surface area (Å²) in [5, 5.41) is 3.04. The number of nitrogens with zero attached hydrogens (tertiary/aromatic N) is 1. The van der Waals surface area contributed by atoms with Gasteiger partial charge in [-0.2, -0.15) is 0 Å². The fourth-order valence-electron chi connectivity index (χ4n) is 3.41. The number of rotatable bonds is 5. The van der Waals surface area contributed by atoms with Crippen molar-refractivity contribution < 1.29 is 9.59 Å². The van der Waals surface area contributed by atoms with Crippen molar-refractivity contribution >= 4 is 11.8 Å². The first-order valence-corrected chi connectivity index (χ1v) is 9.26. The molecule has 0 saturated carbocycles. The van der Waals surface area contributed by atoms with Gasteiger partial charge in [0.25, 0.3) is 0 Å². The number of hydrogen-bond donors (Lipinski definition) is 1. The van der Waals surface area contributed by atoms with Gasteiger partial charge >= 0.3 is 0 Å². The minimum Gasteiger partial charge on any atom is -0.352 e. The maximum atomic E-state index is 12.6. The molecule has 4 heteroatoms. The zero-order valence-corrected chi connectivity index (χ0v) is 15.4. The number of carbonyl (C=O) groups is 2. The summed E-state index contributed by atoms with van der Waals surface area (Å²) in [5.41, 5.74) is 3.39. The molecule has 2 amide bonds. The molecule has 1 N–H and O–H groups in total. The van der Waals surface area contributed by atoms with E-state index < -0.39 is 0 Å². The van der Waals surface area contributed by atoms with Crippen molar-refractivity contribution in [3.8, 4) is 11.1 Å². The van der Waals surface area contributed by atoms with E-state index >= 15 is 0 Å². The molecule has 1 saturated heterocycles. The number of likely N-dealkylation sites (tertiary alicyclic amines) is 1. The van der Waals surface area contributed by atoms with E-state index in [1.54, 1.807) is 0 Å². The van der Waals surface area contributed by atoms with E-state index in [4.69, 9.17) is 0 Å². The number of nitrogens with one attached hydrogen (secondary N) is 1. The molecule has 0 spiro atoms. The van der Waals surface area contributed by atoms with Crippen molar-refractivity contribution in [1.82, 2.24) is 10.2 Å². The van der Waals surface area contributed by atoms with Gasteiger partial charge in [-0.25, -0.2) is 0 Å². The summed E-state index contributed by atoms with van der Waals surface area (Å²) in [6, 6.07) is 18.6. The second-order valence-electron chi connectivity index (χ2n) is 7.16. The zero-order chi connectivity index (χ0) is 18.5. The van der Waals surface area contributed by atoms with Crippen molar-refractivity contribution in [2.45, 2.75) is 39.3 Å². The lowest BCUT2D eigenvalue weighted by Crippen LogP contribution is -2.48. The molecule has 1 atom stereocenters. The van der Waals surface area contributed by atoms with Crippen LogP contribution in [0.2, 0.25) is 0 Å². The topological polar surface area (TPSA) is 49.4 Å². The van der Waals surface area contributed by atoms with E-state index in [9.17, 15) is 9.59 Å². The maximum absolute atomic E-state index is 12.6. The molecule has 1 fully saturated rings. The Bertz CT molecular complexity index is 771. The summed E-state index contributed by atoms with van der Waals surface area (Å²) < 4.78 is 0. The lowest BCUT2D eigenvalue weighted by Gasteiger charge is -2.34. The highest BCUT2D eigenvalue weighted by molar-refractivity contribution is 5.84. The van der Waals surface area contributed by atoms with Gasteiger partial charge in [0.1, 0.15) is 0 Å². The Morgan fingerprint density at radius 2 is 1.85 bits per heavy atom. The molecule has 2 aromatic rings. The van der Waals surface area contributed by atoms with Crippen molar-refractivity contribution in [1.29, 1.82) is 0 Å². The third-order valence-electron chi connectivity index (χ3n) is 4.94. The van der Waals surface area contributed by atoms with Gasteiger partial charge in [0.2, 0.25) is 11.8 Å². The van der Waals surface area contributed by atoms with Crippen molar-refractivity contribution in [2.24, 2.45) is 5.92 Å². The second kappa shape index (κ2) is 8.17. The predicted octanol–water partition coefficient (Wildman–Crippen LogP) is 3.62. The Labute approximate surface area is 155 Å². The van der Waals surface area contributed by atoms with E-state index in [0.29, 0.717) is 25.9 Å². The Hall–Kier alpha value is -2.62. The molecular weight excluding hydrogens is 324 g/mol. The molecule has 0 unspecified atom stereocenters. The molecule has 1 aliphatic heterocycles. The van der Waals surface area contributed by atoms with Gasteiger partial charge < -0.3 is 10.2 Å². The molecule has 2 aromatic carbocycles. The Balaban J connectivity index is 1.61. The molecule has 1 aliphatic rings. The van der Waals surface area contributed by atoms with Crippen LogP contribution in [0.3, 0.4) is 0 Å². The summed E-state index contributed by atoms with van der Waals surface area (Å²) in [4.78, 5) is 26.3. The third-order valence-corrected chi connectivity index (χ3v) is 4.94. The van der Waals surface area contributed by atoms with Crippen LogP contribution in [0.5, 0.6) is 0 Å². The summed E-state index contributed by atoms with van der Waals surface area (Å²) in [7, 11) is 0. The van der Waals surface area contributed by atoms with E-state index in [0.717, 1.165) is 11.1 Å². The van der Waals surface area contributed by atoms with E-state index in [1.165, 1.54) is 5.56 Å². The van der Waals surface area contributed by atoms with Crippen LogP contribution < -0.4 is 5.32 Å². The van der Waals surface area contributed by atoms with Gasteiger partial charge in [-0.1, -0.05) is 48.5 Å². The normalized spacial score (nSPS) is 17.4. The van der Waals surface area contributed by atoms with Gasteiger partial charge in [-0.15, -0.1) is 0 Å². The quantitative estimate of drug-likeness (QED) is 0.895. The van der Waals surface area contributed by atoms with Gasteiger partial charge in [0.15, 0.2) is 0 Å². The van der Waals surface area contributed by atoms with Gasteiger partial charge in [-0.05, 0) is 43.0 Å². The first-order chi connectivity index (χ1) is 12.5. The van der Waals surface area contributed by atoms with Gasteiger partial charge in [0, 0.05) is 25.6 Å². The molecule has 26 heavy (non-hydrogen) atoms. The minimum absolute atomic E-state index is 0.0354. The smallest absolute Gasteiger partial charge is 0.225 e. The minimum atomic E-state index is -0.118. The van der Waals surface area contributed by atoms with Crippen LogP contribution >= 0.6 is 0 Å². The van der Waals surface area contributed by atoms with Crippen LogP contribution in [0.15, 0.2) is 54.6 Å². The third kappa shape index (κ3) is 4.31. The SMILES string of the molecule is CC(C)N1C[C@H](C(=O)NCc2cccc(-c3ccccc3)c2)CCC1=O. The average molecular weight is 350 g/mol. The number of carbonyl (C=O) groups excluding carboxylic acids is 2. The van der Waals surface area contributed by atoms with Crippen molar-refractivity contribution in [2.75, 3.05) is 6.54 Å². The Morgan fingerprint density at radius 1 is 1.12 bits per heavy atom. The van der Waals surface area contributed by atoms with Gasteiger partial charge in [0.05, 0.1) is 5.92 Å². The first kappa shape index (κ1) is 18.2. The monoisotopic (exact) mass is 350 g/mol. The molecule has 1 heterocycles. The average Bonchev–Trinajstić information content (AvgIpc) is 2.67. The zero-order valence-electron chi connectivity index (χ0n) is 15.4. The standard InChI is InChI=1S/C22H26N2O2/c1-16(2)24-15-20(11-12-21(24)25)22(26)23-14-17-7-6-10-19(13-17)18-8-4-3-5-9-18/h3-10,13,16,20H,11-12,14-15H2,1-2H3,(H,23,26)/t20-/m1/s1. The highest BCUT2D eigenvalue weighted by Crippen LogP contribution is 2.21. The number of piperidine rings is 1. The van der Waals surface area contributed by atoms with Crippen LogP contribution in [-0.4, -0.2) is 29.3 Å². The molecule has 0 aromatic heterocycles. The number of amides is 2. The first-order valence-electron chi connectivity index (χ1n) is 9.26. The lowest BCUT2D eigenvalue weighted by molar-refractivity contribution is -0.140. The summed E-state index contributed by atoms with van der Waals surface area (Å²) in [6.07, 6.45) is 1.09. The summed E-state index contributed by atoms with van der Waals surface area (Å²) >= 11 is 0. The van der Waals surface area contributed by atoms with E-state index in [2.05, 4.69) is 29.6 Å². The molecule has 0 bridgehead atoms. The maximum Gasteiger partial charge on any atom is 0.225 e. The Morgan fingerprint density at radius 3 is 2.58 bits per heavy atom. The molecule has 4 nitrogen and oxygen atoms in total. The fourth-order valence-corrected chi connectivity index (χ4v) is 3.41. The highest BCUT2D eigenvalue weighted by Gasteiger charge is 2.31. The summed E-state index contributed by atoms with van der Waals surface area (Å²) in [6.45, 7) is 5.01. The molecular formula is C22H26N2O2. The van der Waals surface area contributed by atoms with Crippen LogP contribution in [0.1, 0.15) is 32.3 Å². The highest BCUT2D eigenvalue weighted by atomic mass is 16.2. The van der Waals surface area contributed by atoms with Crippen molar-refractivity contribution in [3.05, 3.63) is 60.2 Å². The van der Waals surface area contributed by atoms with E-state index in [1.807, 2.05) is 49.1 Å². The largest absolute Gasteiger partial charge is 0.352 e. The van der Waals surface area contributed by atoms with Crippen LogP contribution in [0, 0.1) is 5.92 Å². The predicted molar refractivity (Wildman–Crippen MR) is 103 cm³/mol. The molecule has 0 radical (unpaired) electrons. The summed E-state index contributed by atoms with van der Waals surface area (Å²) in [5.74, 6) is 0.0697. The van der Waals surface area contributed by atoms with Crippen LogP contribution in [0.25, 0.3) is 11.1 Å². The number of benzene rings is 2. The van der Waals surface area contributed by atoms with Crippen LogP contribution in [-0.2, 0) is 16.1 Å². The molecule has 0 aliphatic carbocycles. The van der Waals surface area contributed by atoms with Crippen molar-refractivity contribution in [3.63, 3.8) is 0 Å². The lowest BCUT2D eigenvalue weighted by atomic mass is 9.95. The molecule has 3 rings (SSSR count). The van der Waals surface area contributed by atoms with E-state index in [-0.39, 0.29) is 23.8 Å². The van der Waals surface area contributed by atoms with Crippen LogP contribution in [0.4, 0.5) is 0 Å². The second-order valence-corrected chi connectivity index (χ2v) is 7.16.